The minimum absolute atomic E-state index is 0.104. The number of benzene rings is 1. The van der Waals surface area contributed by atoms with Crippen molar-refractivity contribution in [3.8, 4) is 28.7 Å². The Labute approximate surface area is 219 Å². The van der Waals surface area contributed by atoms with Gasteiger partial charge < -0.3 is 29.4 Å². The maximum absolute atomic E-state index is 13.7. The van der Waals surface area contributed by atoms with E-state index in [0.717, 1.165) is 0 Å². The molecule has 2 fully saturated rings. The molecule has 0 saturated carbocycles. The van der Waals surface area contributed by atoms with Crippen molar-refractivity contribution in [2.75, 3.05) is 51.0 Å². The van der Waals surface area contributed by atoms with Crippen molar-refractivity contribution in [3.05, 3.63) is 48.2 Å². The molecule has 11 nitrogen and oxygen atoms in total. The van der Waals surface area contributed by atoms with E-state index >= 15 is 0 Å². The molecule has 0 atom stereocenters. The summed E-state index contributed by atoms with van der Waals surface area (Å²) in [7, 11) is 0. The maximum atomic E-state index is 13.7. The lowest BCUT2D eigenvalue weighted by atomic mass is 9.91. The first-order chi connectivity index (χ1) is 18.5. The van der Waals surface area contributed by atoms with Gasteiger partial charge in [-0.05, 0) is 37.3 Å². The van der Waals surface area contributed by atoms with Crippen LogP contribution in [0.3, 0.4) is 0 Å². The van der Waals surface area contributed by atoms with E-state index in [1.54, 1.807) is 31.3 Å². The third-order valence-corrected chi connectivity index (χ3v) is 6.43. The highest BCUT2D eigenvalue weighted by atomic mass is 19.1. The fourth-order valence-electron chi connectivity index (χ4n) is 4.25. The predicted molar refractivity (Wildman–Crippen MR) is 134 cm³/mol. The number of imidazole rings is 1. The number of aromatic nitrogens is 4. The number of carbonyl (C=O) groups excluding carboxylic acids is 1. The molecule has 2 saturated heterocycles. The zero-order chi connectivity index (χ0) is 26.5. The van der Waals surface area contributed by atoms with E-state index in [1.165, 1.54) is 12.1 Å². The summed E-state index contributed by atoms with van der Waals surface area (Å²) in [6.07, 6.45) is 1.07. The van der Waals surface area contributed by atoms with Crippen LogP contribution in [0.15, 0.2) is 36.5 Å². The first-order valence-electron chi connectivity index (χ1n) is 12.4. The molecule has 4 heterocycles. The number of aromatic amines is 1. The maximum Gasteiger partial charge on any atom is 0.230 e. The van der Waals surface area contributed by atoms with Crippen molar-refractivity contribution in [2.45, 2.75) is 19.6 Å². The van der Waals surface area contributed by atoms with Crippen molar-refractivity contribution >= 4 is 11.9 Å². The Hall–Kier alpha value is -3.92. The minimum atomic E-state index is -0.902. The molecule has 1 amide bonds. The number of anilines is 1. The first kappa shape index (κ1) is 25.7. The van der Waals surface area contributed by atoms with Crippen LogP contribution in [-0.2, 0) is 19.0 Å². The number of halogens is 1. The Kier molecular flexibility index (Phi) is 7.59. The van der Waals surface area contributed by atoms with Crippen LogP contribution in [0.4, 0.5) is 10.3 Å². The van der Waals surface area contributed by atoms with Crippen LogP contribution in [0.2, 0.25) is 0 Å². The van der Waals surface area contributed by atoms with Crippen LogP contribution >= 0.6 is 0 Å². The van der Waals surface area contributed by atoms with Gasteiger partial charge in [-0.3, -0.25) is 4.79 Å². The van der Waals surface area contributed by atoms with Gasteiger partial charge in [0.05, 0.1) is 61.4 Å². The molecular formula is C26H28FN7O4. The highest BCUT2D eigenvalue weighted by Gasteiger charge is 2.40. The number of morpholine rings is 1. The van der Waals surface area contributed by atoms with Gasteiger partial charge >= 0.3 is 0 Å². The summed E-state index contributed by atoms with van der Waals surface area (Å²) < 4.78 is 31.0. The lowest BCUT2D eigenvalue weighted by Crippen LogP contribution is -2.48. The minimum Gasteiger partial charge on any atom is -0.378 e. The Morgan fingerprint density at radius 1 is 1.21 bits per heavy atom. The average Bonchev–Trinajstić information content (AvgIpc) is 3.40. The van der Waals surface area contributed by atoms with Crippen molar-refractivity contribution in [1.82, 2.24) is 25.3 Å². The lowest BCUT2D eigenvalue weighted by Gasteiger charge is -2.35. The molecule has 3 aromatic rings. The second kappa shape index (κ2) is 11.2. The molecule has 2 aromatic heterocycles. The van der Waals surface area contributed by atoms with Gasteiger partial charge in [-0.15, -0.1) is 0 Å². The summed E-state index contributed by atoms with van der Waals surface area (Å²) in [6.45, 7) is 4.81. The number of hydrogen-bond donors (Lipinski definition) is 2. The number of nitriles is 1. The summed E-state index contributed by atoms with van der Waals surface area (Å²) in [4.78, 5) is 31.9. The first-order valence-corrected chi connectivity index (χ1v) is 12.4. The van der Waals surface area contributed by atoms with Crippen LogP contribution in [0.5, 0.6) is 0 Å². The van der Waals surface area contributed by atoms with Crippen LogP contribution in [-0.4, -0.2) is 71.9 Å². The van der Waals surface area contributed by atoms with Crippen LogP contribution in [0.25, 0.3) is 22.6 Å². The SMILES string of the molecule is CC1(C(=O)NCCC#N)COC(c2nc(-c3ccc(F)cc3)c(-c3ccnc(N4CCOCC4)n3)[nH]2)OC1. The number of amides is 1. The van der Waals surface area contributed by atoms with E-state index in [0.29, 0.717) is 60.7 Å². The third-order valence-electron chi connectivity index (χ3n) is 6.43. The molecule has 2 aliphatic heterocycles. The van der Waals surface area contributed by atoms with Gasteiger partial charge in [-0.25, -0.2) is 19.3 Å². The number of carbonyl (C=O) groups is 1. The van der Waals surface area contributed by atoms with Crippen molar-refractivity contribution in [3.63, 3.8) is 0 Å². The van der Waals surface area contributed by atoms with Gasteiger partial charge in [-0.1, -0.05) is 0 Å². The molecule has 0 unspecified atom stereocenters. The molecular weight excluding hydrogens is 493 g/mol. The molecule has 38 heavy (non-hydrogen) atoms. The van der Waals surface area contributed by atoms with Crippen LogP contribution in [0, 0.1) is 22.6 Å². The topological polar surface area (TPSA) is 138 Å². The Balaban J connectivity index is 1.42. The zero-order valence-corrected chi connectivity index (χ0v) is 20.9. The predicted octanol–water partition coefficient (Wildman–Crippen LogP) is 2.59. The van der Waals surface area contributed by atoms with Gasteiger partial charge in [0.1, 0.15) is 5.82 Å². The van der Waals surface area contributed by atoms with E-state index in [1.807, 2.05) is 6.07 Å². The molecule has 2 N–H and O–H groups in total. The molecule has 0 radical (unpaired) electrons. The number of rotatable bonds is 7. The van der Waals surface area contributed by atoms with Crippen molar-refractivity contribution < 1.29 is 23.4 Å². The molecule has 12 heteroatoms. The normalized spacial score (nSPS) is 21.6. The molecule has 0 bridgehead atoms. The number of H-pyrrole nitrogens is 1. The van der Waals surface area contributed by atoms with E-state index in [9.17, 15) is 9.18 Å². The van der Waals surface area contributed by atoms with E-state index < -0.39 is 11.7 Å². The number of ether oxygens (including phenoxy) is 3. The monoisotopic (exact) mass is 521 g/mol. The zero-order valence-electron chi connectivity index (χ0n) is 20.9. The number of nitrogens with one attached hydrogen (secondary N) is 2. The summed E-state index contributed by atoms with van der Waals surface area (Å²) in [5.74, 6) is 0.386. The molecule has 198 valence electrons. The standard InChI is InChI=1S/C26H28FN7O4/c1-26(24(35)29-9-2-8-28)15-37-23(38-16-26)22-32-20(17-3-5-18(27)6-4-17)21(33-22)19-7-10-30-25(31-19)34-11-13-36-14-12-34/h3-7,10,23H,2,9,11-16H2,1H3,(H,29,35)(H,32,33). The van der Waals surface area contributed by atoms with Gasteiger partial charge in [0.15, 0.2) is 5.82 Å². The Bertz CT molecular complexity index is 1310. The Morgan fingerprint density at radius 2 is 1.95 bits per heavy atom. The van der Waals surface area contributed by atoms with Gasteiger partial charge in [-0.2, -0.15) is 5.26 Å². The van der Waals surface area contributed by atoms with Gasteiger partial charge in [0.25, 0.3) is 0 Å². The molecule has 0 aliphatic carbocycles. The molecule has 2 aliphatic rings. The van der Waals surface area contributed by atoms with Gasteiger partial charge in [0.2, 0.25) is 18.1 Å². The van der Waals surface area contributed by atoms with Crippen molar-refractivity contribution in [1.29, 1.82) is 5.26 Å². The van der Waals surface area contributed by atoms with Gasteiger partial charge in [0, 0.05) is 31.4 Å². The fourth-order valence-corrected chi connectivity index (χ4v) is 4.25. The van der Waals surface area contributed by atoms with Crippen LogP contribution in [0.1, 0.15) is 25.5 Å². The highest BCUT2D eigenvalue weighted by Crippen LogP contribution is 2.35. The summed E-state index contributed by atoms with van der Waals surface area (Å²) >= 11 is 0. The second-order valence-electron chi connectivity index (χ2n) is 9.37. The van der Waals surface area contributed by atoms with Crippen molar-refractivity contribution in [2.24, 2.45) is 5.41 Å². The highest BCUT2D eigenvalue weighted by molar-refractivity contribution is 5.82. The number of nitrogens with zero attached hydrogens (tertiary/aromatic N) is 5. The van der Waals surface area contributed by atoms with E-state index in [2.05, 4.69) is 20.2 Å². The fraction of sp³-hybridized carbons (Fsp3) is 0.423. The summed E-state index contributed by atoms with van der Waals surface area (Å²) in [5.41, 5.74) is 1.56. The molecule has 1 aromatic carbocycles. The van der Waals surface area contributed by atoms with Crippen LogP contribution < -0.4 is 10.2 Å². The second-order valence-corrected chi connectivity index (χ2v) is 9.37. The summed E-state index contributed by atoms with van der Waals surface area (Å²) in [5, 5.41) is 11.4. The number of hydrogen-bond acceptors (Lipinski definition) is 9. The molecule has 0 spiro atoms. The smallest absolute Gasteiger partial charge is 0.230 e. The third kappa shape index (κ3) is 5.50. The quantitative estimate of drug-likeness (QED) is 0.449. The summed E-state index contributed by atoms with van der Waals surface area (Å²) in [6, 6.07) is 9.81. The van der Waals surface area contributed by atoms with E-state index in [4.69, 9.17) is 29.4 Å². The van der Waals surface area contributed by atoms with E-state index in [-0.39, 0.29) is 37.9 Å². The largest absolute Gasteiger partial charge is 0.378 e. The Morgan fingerprint density at radius 3 is 2.66 bits per heavy atom. The molecule has 5 rings (SSSR count). The average molecular weight is 522 g/mol. The lowest BCUT2D eigenvalue weighted by molar-refractivity contribution is -0.231.